The second-order valence-electron chi connectivity index (χ2n) is 5.08. The van der Waals surface area contributed by atoms with E-state index >= 15 is 0 Å². The van der Waals surface area contributed by atoms with Crippen molar-refractivity contribution in [2.24, 2.45) is 5.41 Å². The van der Waals surface area contributed by atoms with Gasteiger partial charge >= 0.3 is 6.18 Å². The van der Waals surface area contributed by atoms with Crippen molar-refractivity contribution in [2.75, 3.05) is 18.5 Å². The monoisotopic (exact) mass is 353 g/mol. The minimum atomic E-state index is -4.53. The summed E-state index contributed by atoms with van der Waals surface area (Å²) in [7, 11) is 0. The number of aromatic nitrogens is 1. The number of rotatable bonds is 3. The van der Waals surface area contributed by atoms with Gasteiger partial charge in [-0.25, -0.2) is 0 Å². The lowest BCUT2D eigenvalue weighted by Gasteiger charge is -2.36. The van der Waals surface area contributed by atoms with E-state index in [9.17, 15) is 18.0 Å². The van der Waals surface area contributed by atoms with Crippen molar-refractivity contribution < 1.29 is 17.9 Å². The van der Waals surface area contributed by atoms with Gasteiger partial charge in [0.1, 0.15) is 5.69 Å². The topological polar surface area (TPSA) is 31.2 Å². The zero-order chi connectivity index (χ0) is 14.8. The third-order valence-electron chi connectivity index (χ3n) is 3.67. The molecule has 1 aromatic rings. The summed E-state index contributed by atoms with van der Waals surface area (Å²) >= 11 is 3.37. The summed E-state index contributed by atoms with van der Waals surface area (Å²) in [6, 6.07) is 3.26. The molecule has 2 rings (SSSR count). The molecule has 1 aliphatic heterocycles. The Hall–Kier alpha value is -0.820. The number of nitrogens with zero attached hydrogens (tertiary/aromatic N) is 1. The molecule has 0 aromatic carbocycles. The summed E-state index contributed by atoms with van der Waals surface area (Å²) in [6.07, 6.45) is -3.26. The van der Waals surface area contributed by atoms with E-state index in [4.69, 9.17) is 4.74 Å². The number of hydrogen-bond acceptors (Lipinski definition) is 2. The van der Waals surface area contributed by atoms with Gasteiger partial charge in [-0.2, -0.15) is 13.2 Å². The molecule has 1 saturated heterocycles. The lowest BCUT2D eigenvalue weighted by atomic mass is 9.82. The molecule has 20 heavy (non-hydrogen) atoms. The maximum atomic E-state index is 13.0. The maximum Gasteiger partial charge on any atom is 0.431 e. The molecule has 1 fully saturated rings. The highest BCUT2D eigenvalue weighted by atomic mass is 79.9. The molecule has 0 bridgehead atoms. The summed E-state index contributed by atoms with van der Waals surface area (Å²) in [6.45, 7) is 1.07. The fourth-order valence-corrected chi connectivity index (χ4v) is 3.14. The van der Waals surface area contributed by atoms with Crippen LogP contribution in [0.4, 0.5) is 13.2 Å². The largest absolute Gasteiger partial charge is 0.431 e. The maximum absolute atomic E-state index is 13.0. The minimum Gasteiger partial charge on any atom is -0.381 e. The summed E-state index contributed by atoms with van der Waals surface area (Å²) in [5, 5.41) is 0.544. The molecule has 0 amide bonds. The summed E-state index contributed by atoms with van der Waals surface area (Å²) in [5.74, 6) is 0. The summed E-state index contributed by atoms with van der Waals surface area (Å²) < 4.78 is 45.1. The Morgan fingerprint density at radius 2 is 1.95 bits per heavy atom. The van der Waals surface area contributed by atoms with Gasteiger partial charge in [0.2, 0.25) is 0 Å². The van der Waals surface area contributed by atoms with Crippen LogP contribution >= 0.6 is 15.9 Å². The predicted molar refractivity (Wildman–Crippen MR) is 72.0 cm³/mol. The molecule has 0 saturated carbocycles. The van der Waals surface area contributed by atoms with Crippen LogP contribution in [0, 0.1) is 5.41 Å². The van der Waals surface area contributed by atoms with Crippen LogP contribution in [0.2, 0.25) is 0 Å². The highest BCUT2D eigenvalue weighted by molar-refractivity contribution is 9.09. The minimum absolute atomic E-state index is 0.0517. The SMILES string of the molecule is O=c1cccc(C(F)(F)F)n1CC1(CBr)CCOCC1. The van der Waals surface area contributed by atoms with Crippen molar-refractivity contribution in [3.8, 4) is 0 Å². The van der Waals surface area contributed by atoms with Crippen molar-refractivity contribution >= 4 is 15.9 Å². The van der Waals surface area contributed by atoms with E-state index in [1.54, 1.807) is 0 Å². The van der Waals surface area contributed by atoms with Gasteiger partial charge in [-0.15, -0.1) is 0 Å². The quantitative estimate of drug-likeness (QED) is 0.782. The van der Waals surface area contributed by atoms with E-state index in [0.29, 0.717) is 31.4 Å². The number of alkyl halides is 4. The molecule has 2 heterocycles. The van der Waals surface area contributed by atoms with Gasteiger partial charge in [-0.1, -0.05) is 22.0 Å². The van der Waals surface area contributed by atoms with Crippen LogP contribution in [-0.2, 0) is 17.5 Å². The Morgan fingerprint density at radius 1 is 1.30 bits per heavy atom. The van der Waals surface area contributed by atoms with Crippen molar-refractivity contribution in [3.63, 3.8) is 0 Å². The van der Waals surface area contributed by atoms with Crippen LogP contribution in [0.1, 0.15) is 18.5 Å². The van der Waals surface area contributed by atoms with E-state index in [1.807, 2.05) is 0 Å². The van der Waals surface area contributed by atoms with E-state index in [1.165, 1.54) is 0 Å². The Bertz CT molecular complexity index is 521. The molecule has 0 atom stereocenters. The first kappa shape index (κ1) is 15.6. The second kappa shape index (κ2) is 5.89. The molecule has 0 unspecified atom stereocenters. The number of ether oxygens (including phenoxy) is 1. The van der Waals surface area contributed by atoms with Gasteiger partial charge in [0.15, 0.2) is 0 Å². The Morgan fingerprint density at radius 3 is 2.50 bits per heavy atom. The van der Waals surface area contributed by atoms with Gasteiger partial charge < -0.3 is 9.30 Å². The van der Waals surface area contributed by atoms with Gasteiger partial charge in [-0.3, -0.25) is 4.79 Å². The van der Waals surface area contributed by atoms with Crippen LogP contribution in [0.25, 0.3) is 0 Å². The first-order chi connectivity index (χ1) is 9.38. The van der Waals surface area contributed by atoms with Crippen LogP contribution in [0.3, 0.4) is 0 Å². The molecule has 3 nitrogen and oxygen atoms in total. The van der Waals surface area contributed by atoms with Crippen molar-refractivity contribution in [2.45, 2.75) is 25.6 Å². The van der Waals surface area contributed by atoms with Gasteiger partial charge in [-0.05, 0) is 18.9 Å². The fraction of sp³-hybridized carbons (Fsp3) is 0.615. The second-order valence-corrected chi connectivity index (χ2v) is 5.64. The first-order valence-corrected chi connectivity index (χ1v) is 7.41. The smallest absolute Gasteiger partial charge is 0.381 e. The lowest BCUT2D eigenvalue weighted by Crippen LogP contribution is -2.40. The standard InChI is InChI=1S/C13H15BrF3NO2/c14-8-12(4-6-20-7-5-12)9-18-10(13(15,16)17)2-1-3-11(18)19/h1-3H,4-9H2. The number of pyridine rings is 1. The molecular weight excluding hydrogens is 339 g/mol. The average Bonchev–Trinajstić information content (AvgIpc) is 2.41. The van der Waals surface area contributed by atoms with Crippen LogP contribution in [0.5, 0.6) is 0 Å². The first-order valence-electron chi connectivity index (χ1n) is 6.29. The van der Waals surface area contributed by atoms with Crippen LogP contribution in [-0.4, -0.2) is 23.1 Å². The Labute approximate surface area is 122 Å². The molecule has 0 aliphatic carbocycles. The Balaban J connectivity index is 2.39. The summed E-state index contributed by atoms with van der Waals surface area (Å²) in [4.78, 5) is 11.8. The van der Waals surface area contributed by atoms with E-state index < -0.39 is 17.4 Å². The molecule has 1 aromatic heterocycles. The molecule has 112 valence electrons. The van der Waals surface area contributed by atoms with Gasteiger partial charge in [0, 0.05) is 36.6 Å². The molecule has 0 radical (unpaired) electrons. The lowest BCUT2D eigenvalue weighted by molar-refractivity contribution is -0.145. The predicted octanol–water partition coefficient (Wildman–Crippen LogP) is 3.06. The molecule has 0 spiro atoms. The Kier molecular flexibility index (Phi) is 4.59. The number of halogens is 4. The van der Waals surface area contributed by atoms with Crippen molar-refractivity contribution in [1.29, 1.82) is 0 Å². The summed E-state index contributed by atoms with van der Waals surface area (Å²) in [5.41, 5.74) is -1.88. The zero-order valence-corrected chi connectivity index (χ0v) is 12.3. The zero-order valence-electron chi connectivity index (χ0n) is 10.8. The van der Waals surface area contributed by atoms with Gasteiger partial charge in [0.25, 0.3) is 5.56 Å². The molecule has 7 heteroatoms. The van der Waals surface area contributed by atoms with Crippen LogP contribution < -0.4 is 5.56 Å². The highest BCUT2D eigenvalue weighted by Gasteiger charge is 2.38. The molecule has 0 N–H and O–H groups in total. The van der Waals surface area contributed by atoms with E-state index in [2.05, 4.69) is 15.9 Å². The molecule has 1 aliphatic rings. The highest BCUT2D eigenvalue weighted by Crippen LogP contribution is 2.36. The fourth-order valence-electron chi connectivity index (χ4n) is 2.40. The van der Waals surface area contributed by atoms with Gasteiger partial charge in [0.05, 0.1) is 0 Å². The molecular formula is C13H15BrF3NO2. The van der Waals surface area contributed by atoms with Crippen LogP contribution in [0.15, 0.2) is 23.0 Å². The van der Waals surface area contributed by atoms with Crippen molar-refractivity contribution in [1.82, 2.24) is 4.57 Å². The third-order valence-corrected chi connectivity index (χ3v) is 4.86. The normalized spacial score (nSPS) is 19.0. The van der Waals surface area contributed by atoms with E-state index in [0.717, 1.165) is 22.8 Å². The van der Waals surface area contributed by atoms with E-state index in [-0.39, 0.29) is 12.0 Å². The third kappa shape index (κ3) is 3.25. The van der Waals surface area contributed by atoms with Crippen molar-refractivity contribution in [3.05, 3.63) is 34.2 Å². The average molecular weight is 354 g/mol. The number of hydrogen-bond donors (Lipinski definition) is 0.